The van der Waals surface area contributed by atoms with Gasteiger partial charge in [-0.3, -0.25) is 0 Å². The summed E-state index contributed by atoms with van der Waals surface area (Å²) in [6, 6.07) is 40.3. The van der Waals surface area contributed by atoms with E-state index >= 15 is 0 Å². The van der Waals surface area contributed by atoms with E-state index in [0.29, 0.717) is 26.4 Å². The predicted molar refractivity (Wildman–Crippen MR) is 154 cm³/mol. The molecule has 0 spiro atoms. The van der Waals surface area contributed by atoms with Crippen molar-refractivity contribution in [2.75, 3.05) is 0 Å². The van der Waals surface area contributed by atoms with Crippen molar-refractivity contribution in [3.63, 3.8) is 0 Å². The number of rotatable bonds is 12. The Balaban J connectivity index is 1.38. The van der Waals surface area contributed by atoms with Crippen molar-refractivity contribution in [3.05, 3.63) is 144 Å². The Bertz CT molecular complexity index is 1230. The largest absolute Gasteiger partial charge is 0.368 e. The summed E-state index contributed by atoms with van der Waals surface area (Å²) in [7, 11) is 0. The predicted octanol–water partition coefficient (Wildman–Crippen LogP) is 7.04. The van der Waals surface area contributed by atoms with Crippen molar-refractivity contribution in [1.29, 1.82) is 0 Å². The summed E-state index contributed by atoms with van der Waals surface area (Å²) in [5.74, 6) is 0. The Morgan fingerprint density at radius 1 is 0.436 bits per heavy atom. The summed E-state index contributed by atoms with van der Waals surface area (Å²) in [6.45, 7) is 1.61. The molecule has 39 heavy (non-hydrogen) atoms. The first kappa shape index (κ1) is 27.7. The van der Waals surface area contributed by atoms with Crippen LogP contribution < -0.4 is 0 Å². The molecule has 0 aromatic heterocycles. The lowest BCUT2D eigenvalue weighted by atomic mass is 10.0. The van der Waals surface area contributed by atoms with Crippen LogP contribution in [0.5, 0.6) is 0 Å². The lowest BCUT2D eigenvalue weighted by Gasteiger charge is -2.44. The Morgan fingerprint density at radius 3 is 1.18 bits per heavy atom. The van der Waals surface area contributed by atoms with E-state index in [-0.39, 0.29) is 0 Å². The molecule has 0 unspecified atom stereocenters. The second kappa shape index (κ2) is 14.5. The third-order valence-electron chi connectivity index (χ3n) is 6.55. The molecule has 1 aliphatic rings. The Hall–Kier alpha value is -2.84. The normalized spacial score (nSPS) is 22.9. The summed E-state index contributed by atoms with van der Waals surface area (Å²) in [6.07, 6.45) is -2.11. The molecule has 1 heterocycles. The average Bonchev–Trinajstić information content (AvgIpc) is 3.00. The van der Waals surface area contributed by atoms with E-state index in [0.717, 1.165) is 22.3 Å². The second-order valence-corrected chi connectivity index (χ2v) is 10.3. The van der Waals surface area contributed by atoms with Gasteiger partial charge in [0.05, 0.1) is 26.4 Å². The molecule has 4 aromatic carbocycles. The van der Waals surface area contributed by atoms with Gasteiger partial charge in [0.25, 0.3) is 0 Å². The molecule has 5 nitrogen and oxygen atoms in total. The van der Waals surface area contributed by atoms with Crippen LogP contribution in [0.4, 0.5) is 0 Å². The molecule has 0 saturated carbocycles. The number of halogens is 1. The third kappa shape index (κ3) is 8.08. The fourth-order valence-electron chi connectivity index (χ4n) is 4.49. The molecule has 5 rings (SSSR count). The summed E-state index contributed by atoms with van der Waals surface area (Å²) in [5, 5.41) is -0.459. The third-order valence-corrected chi connectivity index (χ3v) is 7.29. The van der Waals surface area contributed by atoms with Gasteiger partial charge in [-0.1, -0.05) is 137 Å². The molecule has 1 aliphatic heterocycles. The number of hydrogen-bond donors (Lipinski definition) is 0. The lowest BCUT2D eigenvalue weighted by molar-refractivity contribution is -0.308. The van der Waals surface area contributed by atoms with Crippen LogP contribution in [0.2, 0.25) is 0 Å². The fourth-order valence-corrected chi connectivity index (χ4v) is 5.16. The highest BCUT2D eigenvalue weighted by atomic mass is 79.9. The summed E-state index contributed by atoms with van der Waals surface area (Å²) < 4.78 is 32.2. The van der Waals surface area contributed by atoms with E-state index in [2.05, 4.69) is 15.9 Å². The zero-order valence-electron chi connectivity index (χ0n) is 21.7. The summed E-state index contributed by atoms with van der Waals surface area (Å²) >= 11 is 3.72. The van der Waals surface area contributed by atoms with Crippen LogP contribution in [0.1, 0.15) is 22.3 Å². The maximum absolute atomic E-state index is 6.58. The van der Waals surface area contributed by atoms with Crippen LogP contribution in [0.15, 0.2) is 121 Å². The fraction of sp³-hybridized carbons (Fsp3) is 0.273. The van der Waals surface area contributed by atoms with Gasteiger partial charge in [0.15, 0.2) is 6.29 Å². The Labute approximate surface area is 238 Å². The van der Waals surface area contributed by atoms with Crippen molar-refractivity contribution < 1.29 is 23.7 Å². The van der Waals surface area contributed by atoms with Crippen molar-refractivity contribution in [3.8, 4) is 0 Å². The van der Waals surface area contributed by atoms with Gasteiger partial charge < -0.3 is 23.7 Å². The minimum Gasteiger partial charge on any atom is -0.368 e. The molecule has 202 valence electrons. The molecule has 4 aromatic rings. The maximum atomic E-state index is 6.58. The minimum absolute atomic E-state index is 0.386. The Morgan fingerprint density at radius 2 is 0.769 bits per heavy atom. The number of alkyl halides is 1. The van der Waals surface area contributed by atoms with Gasteiger partial charge >= 0.3 is 0 Å². The average molecular weight is 590 g/mol. The first-order valence-corrected chi connectivity index (χ1v) is 14.1. The van der Waals surface area contributed by atoms with E-state index in [4.69, 9.17) is 23.7 Å². The summed E-state index contributed by atoms with van der Waals surface area (Å²) in [5.41, 5.74) is 4.26. The first-order chi connectivity index (χ1) is 19.3. The smallest absolute Gasteiger partial charge is 0.188 e. The molecule has 5 atom stereocenters. The quantitative estimate of drug-likeness (QED) is 0.166. The molecule has 0 amide bonds. The highest BCUT2D eigenvalue weighted by molar-refractivity contribution is 9.09. The maximum Gasteiger partial charge on any atom is 0.188 e. The molecular formula is C33H33BrO5. The van der Waals surface area contributed by atoms with Gasteiger partial charge in [0, 0.05) is 0 Å². The molecule has 0 bridgehead atoms. The lowest BCUT2D eigenvalue weighted by Crippen LogP contribution is -2.59. The molecule has 6 heteroatoms. The SMILES string of the molecule is Br[C@H]1O[C@@H](OCc2ccccc2)[C@@H](OCc2ccccc2)[C@H](OCc2ccccc2)[C@H]1OCc1ccccc1. The molecular weight excluding hydrogens is 556 g/mol. The standard InChI is InChI=1S/C33H33BrO5/c34-32-30(36-22-26-15-7-2-8-16-26)29(35-21-25-13-5-1-6-14-25)31(37-23-27-17-9-3-10-18-27)33(39-32)38-24-28-19-11-4-12-20-28/h1-20,29-33H,21-24H2/t29-,30-,31+,32+,33-/m1/s1. The van der Waals surface area contributed by atoms with E-state index in [1.54, 1.807) is 0 Å². The van der Waals surface area contributed by atoms with Crippen LogP contribution in [-0.4, -0.2) is 29.6 Å². The van der Waals surface area contributed by atoms with Gasteiger partial charge in [-0.15, -0.1) is 0 Å². The zero-order chi connectivity index (χ0) is 26.7. The van der Waals surface area contributed by atoms with Gasteiger partial charge in [-0.05, 0) is 22.3 Å². The first-order valence-electron chi connectivity index (χ1n) is 13.2. The van der Waals surface area contributed by atoms with Gasteiger partial charge in [0.1, 0.15) is 23.3 Å². The second-order valence-electron chi connectivity index (χ2n) is 9.44. The van der Waals surface area contributed by atoms with Crippen LogP contribution in [0, 0.1) is 0 Å². The van der Waals surface area contributed by atoms with Crippen LogP contribution in [-0.2, 0) is 50.1 Å². The van der Waals surface area contributed by atoms with E-state index in [1.165, 1.54) is 0 Å². The Kier molecular flexibility index (Phi) is 10.3. The van der Waals surface area contributed by atoms with Crippen molar-refractivity contribution in [2.45, 2.75) is 56.0 Å². The topological polar surface area (TPSA) is 46.2 Å². The number of ether oxygens (including phenoxy) is 5. The van der Waals surface area contributed by atoms with Gasteiger partial charge in [0.2, 0.25) is 0 Å². The van der Waals surface area contributed by atoms with E-state index in [1.807, 2.05) is 121 Å². The molecule has 0 aliphatic carbocycles. The van der Waals surface area contributed by atoms with Gasteiger partial charge in [-0.25, -0.2) is 0 Å². The molecule has 1 saturated heterocycles. The minimum atomic E-state index is -0.671. The van der Waals surface area contributed by atoms with Crippen LogP contribution in [0.3, 0.4) is 0 Å². The van der Waals surface area contributed by atoms with Crippen LogP contribution in [0.25, 0.3) is 0 Å². The monoisotopic (exact) mass is 588 g/mol. The highest BCUT2D eigenvalue weighted by Crippen LogP contribution is 2.33. The molecule has 0 radical (unpaired) electrons. The number of hydrogen-bond acceptors (Lipinski definition) is 5. The van der Waals surface area contributed by atoms with E-state index in [9.17, 15) is 0 Å². The molecule has 0 N–H and O–H groups in total. The van der Waals surface area contributed by atoms with Crippen molar-refractivity contribution in [2.24, 2.45) is 0 Å². The summed E-state index contributed by atoms with van der Waals surface area (Å²) in [4.78, 5) is 0. The van der Waals surface area contributed by atoms with Crippen molar-refractivity contribution in [1.82, 2.24) is 0 Å². The highest BCUT2D eigenvalue weighted by Gasteiger charge is 2.48. The number of benzene rings is 4. The van der Waals surface area contributed by atoms with Crippen molar-refractivity contribution >= 4 is 15.9 Å². The van der Waals surface area contributed by atoms with E-state index < -0.39 is 29.6 Å². The zero-order valence-corrected chi connectivity index (χ0v) is 23.3. The van der Waals surface area contributed by atoms with Gasteiger partial charge in [-0.2, -0.15) is 0 Å². The van der Waals surface area contributed by atoms with Crippen LogP contribution >= 0.6 is 15.9 Å². The molecule has 1 fully saturated rings.